The van der Waals surface area contributed by atoms with Gasteiger partial charge in [0.05, 0.1) is 0 Å². The van der Waals surface area contributed by atoms with Crippen molar-refractivity contribution >= 4 is 11.6 Å². The third kappa shape index (κ3) is 8.03. The minimum Gasteiger partial charge on any atom is -0.123 e. The fraction of sp³-hybridized carbons (Fsp3) is 0.778. The Morgan fingerprint density at radius 3 is 2.60 bits per heavy atom. The van der Waals surface area contributed by atoms with Crippen molar-refractivity contribution in [1.29, 1.82) is 0 Å². The van der Waals surface area contributed by atoms with Crippen molar-refractivity contribution in [2.45, 2.75) is 44.4 Å². The third-order valence-electron chi connectivity index (χ3n) is 1.51. The number of alkyl halides is 1. The zero-order chi connectivity index (χ0) is 7.82. The van der Waals surface area contributed by atoms with Crippen LogP contribution in [0.5, 0.6) is 0 Å². The summed E-state index contributed by atoms with van der Waals surface area (Å²) in [7, 11) is 0. The van der Waals surface area contributed by atoms with E-state index < -0.39 is 0 Å². The molecule has 0 aromatic carbocycles. The monoisotopic (exact) mass is 160 g/mol. The second kappa shape index (κ2) is 7.14. The lowest BCUT2D eigenvalue weighted by atomic mass is 10.1. The number of hydrogen-bond donors (Lipinski definition) is 0. The minimum atomic E-state index is 0.351. The fourth-order valence-electron chi connectivity index (χ4n) is 0.891. The fourth-order valence-corrected chi connectivity index (χ4v) is 1.05. The molecule has 0 aromatic heterocycles. The van der Waals surface area contributed by atoms with Crippen LogP contribution in [0, 0.1) is 0 Å². The topological polar surface area (TPSA) is 0 Å². The molecule has 1 unspecified atom stereocenters. The molecule has 0 aliphatic heterocycles. The highest BCUT2D eigenvalue weighted by Gasteiger charge is 1.94. The zero-order valence-electron chi connectivity index (χ0n) is 6.78. The van der Waals surface area contributed by atoms with Gasteiger partial charge in [0.2, 0.25) is 0 Å². The molecule has 0 aliphatic carbocycles. The van der Waals surface area contributed by atoms with E-state index in [1.807, 2.05) is 6.08 Å². The number of rotatable bonds is 6. The Morgan fingerprint density at radius 1 is 1.40 bits per heavy atom. The van der Waals surface area contributed by atoms with Gasteiger partial charge in [0.15, 0.2) is 0 Å². The Balaban J connectivity index is 2.83. The molecule has 0 amide bonds. The maximum atomic E-state index is 5.77. The molecular weight excluding hydrogens is 144 g/mol. The summed E-state index contributed by atoms with van der Waals surface area (Å²) in [5.41, 5.74) is 0. The highest BCUT2D eigenvalue weighted by molar-refractivity contribution is 6.20. The lowest BCUT2D eigenvalue weighted by molar-refractivity contribution is 0.641. The SMILES string of the molecule is C=CCCCCCC(C)Cl. The number of unbranched alkanes of at least 4 members (excludes halogenated alkanes) is 3. The molecule has 0 saturated heterocycles. The van der Waals surface area contributed by atoms with Crippen LogP contribution in [0.4, 0.5) is 0 Å². The van der Waals surface area contributed by atoms with Crippen molar-refractivity contribution in [3.05, 3.63) is 12.7 Å². The van der Waals surface area contributed by atoms with Crippen molar-refractivity contribution in [2.24, 2.45) is 0 Å². The molecular formula is C9H17Cl. The van der Waals surface area contributed by atoms with Gasteiger partial charge in [-0.3, -0.25) is 0 Å². The Labute approximate surface area is 69.3 Å². The molecule has 0 bridgehead atoms. The summed E-state index contributed by atoms with van der Waals surface area (Å²) in [4.78, 5) is 0. The van der Waals surface area contributed by atoms with E-state index in [0.717, 1.165) is 12.8 Å². The molecule has 60 valence electrons. The van der Waals surface area contributed by atoms with Crippen LogP contribution in [0.25, 0.3) is 0 Å². The first-order valence-corrected chi connectivity index (χ1v) is 4.46. The van der Waals surface area contributed by atoms with Gasteiger partial charge in [-0.25, -0.2) is 0 Å². The summed E-state index contributed by atoms with van der Waals surface area (Å²) in [5.74, 6) is 0. The van der Waals surface area contributed by atoms with E-state index in [1.165, 1.54) is 19.3 Å². The Morgan fingerprint density at radius 2 is 2.10 bits per heavy atom. The van der Waals surface area contributed by atoms with Crippen molar-refractivity contribution in [3.63, 3.8) is 0 Å². The van der Waals surface area contributed by atoms with Gasteiger partial charge in [-0.05, 0) is 26.2 Å². The Kier molecular flexibility index (Phi) is 7.16. The largest absolute Gasteiger partial charge is 0.123 e. The van der Waals surface area contributed by atoms with Crippen LogP contribution < -0.4 is 0 Å². The van der Waals surface area contributed by atoms with Crippen LogP contribution in [0.15, 0.2) is 12.7 Å². The van der Waals surface area contributed by atoms with Gasteiger partial charge in [-0.2, -0.15) is 0 Å². The molecule has 0 heterocycles. The van der Waals surface area contributed by atoms with Crippen molar-refractivity contribution < 1.29 is 0 Å². The van der Waals surface area contributed by atoms with E-state index in [0.29, 0.717) is 5.38 Å². The first kappa shape index (κ1) is 10.0. The second-order valence-electron chi connectivity index (χ2n) is 2.71. The van der Waals surface area contributed by atoms with Crippen molar-refractivity contribution in [2.75, 3.05) is 0 Å². The zero-order valence-corrected chi connectivity index (χ0v) is 7.53. The first-order chi connectivity index (χ1) is 4.77. The molecule has 0 aromatic rings. The Bertz CT molecular complexity index is 76.8. The Hall–Kier alpha value is 0.0300. The van der Waals surface area contributed by atoms with E-state index in [4.69, 9.17) is 11.6 Å². The van der Waals surface area contributed by atoms with Crippen LogP contribution in [0.3, 0.4) is 0 Å². The van der Waals surface area contributed by atoms with Gasteiger partial charge in [0.25, 0.3) is 0 Å². The summed E-state index contributed by atoms with van der Waals surface area (Å²) in [6.45, 7) is 5.72. The molecule has 1 heteroatoms. The molecule has 10 heavy (non-hydrogen) atoms. The van der Waals surface area contributed by atoms with Crippen LogP contribution in [-0.4, -0.2) is 5.38 Å². The molecule has 0 N–H and O–H groups in total. The molecule has 0 spiro atoms. The third-order valence-corrected chi connectivity index (χ3v) is 1.73. The van der Waals surface area contributed by atoms with Gasteiger partial charge >= 0.3 is 0 Å². The van der Waals surface area contributed by atoms with E-state index in [1.54, 1.807) is 0 Å². The van der Waals surface area contributed by atoms with Crippen molar-refractivity contribution in [3.8, 4) is 0 Å². The van der Waals surface area contributed by atoms with E-state index in [-0.39, 0.29) is 0 Å². The van der Waals surface area contributed by atoms with Crippen LogP contribution in [0.1, 0.15) is 39.0 Å². The van der Waals surface area contributed by atoms with Gasteiger partial charge < -0.3 is 0 Å². The first-order valence-electron chi connectivity index (χ1n) is 4.02. The average Bonchev–Trinajstić information content (AvgIpc) is 1.87. The molecule has 0 aliphatic rings. The number of halogens is 1. The van der Waals surface area contributed by atoms with Gasteiger partial charge in [-0.1, -0.05) is 18.9 Å². The lowest BCUT2D eigenvalue weighted by Gasteiger charge is -2.00. The van der Waals surface area contributed by atoms with Crippen LogP contribution in [0.2, 0.25) is 0 Å². The summed E-state index contributed by atoms with van der Waals surface area (Å²) in [6, 6.07) is 0. The van der Waals surface area contributed by atoms with E-state index in [2.05, 4.69) is 13.5 Å². The highest BCUT2D eigenvalue weighted by Crippen LogP contribution is 2.08. The normalized spacial score (nSPS) is 13.0. The summed E-state index contributed by atoms with van der Waals surface area (Å²) in [6.07, 6.45) is 8.11. The van der Waals surface area contributed by atoms with Gasteiger partial charge in [0.1, 0.15) is 0 Å². The van der Waals surface area contributed by atoms with Crippen LogP contribution in [-0.2, 0) is 0 Å². The predicted octanol–water partition coefficient (Wildman–Crippen LogP) is 3.75. The highest BCUT2D eigenvalue weighted by atomic mass is 35.5. The number of allylic oxidation sites excluding steroid dienone is 1. The minimum absolute atomic E-state index is 0.351. The standard InChI is InChI=1S/C9H17Cl/c1-3-4-5-6-7-8-9(2)10/h3,9H,1,4-8H2,2H3. The predicted molar refractivity (Wildman–Crippen MR) is 48.6 cm³/mol. The second-order valence-corrected chi connectivity index (χ2v) is 3.45. The van der Waals surface area contributed by atoms with Crippen molar-refractivity contribution in [1.82, 2.24) is 0 Å². The molecule has 0 fully saturated rings. The maximum Gasteiger partial charge on any atom is 0.0307 e. The average molecular weight is 161 g/mol. The lowest BCUT2D eigenvalue weighted by Crippen LogP contribution is -1.89. The maximum absolute atomic E-state index is 5.77. The van der Waals surface area contributed by atoms with Gasteiger partial charge in [0, 0.05) is 5.38 Å². The smallest absolute Gasteiger partial charge is 0.0307 e. The van der Waals surface area contributed by atoms with E-state index >= 15 is 0 Å². The molecule has 0 saturated carbocycles. The van der Waals surface area contributed by atoms with E-state index in [9.17, 15) is 0 Å². The molecule has 1 atom stereocenters. The summed E-state index contributed by atoms with van der Waals surface area (Å²) in [5, 5.41) is 0.351. The summed E-state index contributed by atoms with van der Waals surface area (Å²) < 4.78 is 0. The number of hydrogen-bond acceptors (Lipinski definition) is 0. The summed E-state index contributed by atoms with van der Waals surface area (Å²) >= 11 is 5.77. The molecule has 0 rings (SSSR count). The molecule has 0 radical (unpaired) electrons. The molecule has 0 nitrogen and oxygen atoms in total. The van der Waals surface area contributed by atoms with Gasteiger partial charge in [-0.15, -0.1) is 18.2 Å². The quantitative estimate of drug-likeness (QED) is 0.316. The van der Waals surface area contributed by atoms with Crippen LogP contribution >= 0.6 is 11.6 Å².